The summed E-state index contributed by atoms with van der Waals surface area (Å²) in [5.41, 5.74) is 3.22. The number of methoxy groups -OCH3 is 2. The van der Waals surface area contributed by atoms with Gasteiger partial charge in [0.1, 0.15) is 23.2 Å². The smallest absolute Gasteiger partial charge is 0.129 e. The first kappa shape index (κ1) is 10.7. The molecule has 1 aromatic carbocycles. The Labute approximate surface area is 101 Å². The summed E-state index contributed by atoms with van der Waals surface area (Å²) in [4.78, 5) is 0. The Balaban J connectivity index is 2.25. The lowest BCUT2D eigenvalue weighted by molar-refractivity contribution is 0.00415. The number of hydrogen-bond acceptors (Lipinski definition) is 3. The molecule has 17 heavy (non-hydrogen) atoms. The van der Waals surface area contributed by atoms with Gasteiger partial charge in [0.25, 0.3) is 0 Å². The molecule has 2 aliphatic rings. The second-order valence-corrected chi connectivity index (χ2v) is 4.72. The standard InChI is InChI=1S/C14H16O3/c1-8-5-11-10-6-9(15-3)7-12(16-4)13(10)14(8,2)17-11/h5-7,11H,1-4H3. The molecule has 3 nitrogen and oxygen atoms in total. The lowest BCUT2D eigenvalue weighted by atomic mass is 9.82. The van der Waals surface area contributed by atoms with Crippen molar-refractivity contribution in [1.29, 1.82) is 0 Å². The lowest BCUT2D eigenvalue weighted by Crippen LogP contribution is -2.20. The SMILES string of the molecule is COc1cc(OC)c2c(c1)C1C=C(C)C2(C)O1. The van der Waals surface area contributed by atoms with Crippen molar-refractivity contribution in [2.75, 3.05) is 14.2 Å². The Kier molecular flexibility index (Phi) is 2.05. The first-order valence-electron chi connectivity index (χ1n) is 5.73. The molecule has 0 spiro atoms. The largest absolute Gasteiger partial charge is 0.497 e. The van der Waals surface area contributed by atoms with Crippen LogP contribution in [0.25, 0.3) is 0 Å². The van der Waals surface area contributed by atoms with Crippen molar-refractivity contribution >= 4 is 0 Å². The van der Waals surface area contributed by atoms with E-state index in [1.807, 2.05) is 12.1 Å². The van der Waals surface area contributed by atoms with E-state index in [1.54, 1.807) is 14.2 Å². The van der Waals surface area contributed by atoms with Gasteiger partial charge in [-0.1, -0.05) is 0 Å². The first-order chi connectivity index (χ1) is 8.10. The van der Waals surface area contributed by atoms with E-state index in [9.17, 15) is 0 Å². The van der Waals surface area contributed by atoms with E-state index in [4.69, 9.17) is 14.2 Å². The third-order valence-corrected chi connectivity index (χ3v) is 3.86. The molecule has 0 aromatic heterocycles. The van der Waals surface area contributed by atoms with Crippen molar-refractivity contribution in [2.24, 2.45) is 0 Å². The van der Waals surface area contributed by atoms with E-state index >= 15 is 0 Å². The van der Waals surface area contributed by atoms with Gasteiger partial charge in [0, 0.05) is 11.6 Å². The molecular formula is C14H16O3. The van der Waals surface area contributed by atoms with Gasteiger partial charge in [-0.05, 0) is 37.1 Å². The molecule has 2 bridgehead atoms. The maximum Gasteiger partial charge on any atom is 0.129 e. The fourth-order valence-electron chi connectivity index (χ4n) is 2.80. The van der Waals surface area contributed by atoms with Gasteiger partial charge in [0.05, 0.1) is 14.2 Å². The van der Waals surface area contributed by atoms with Crippen LogP contribution in [0.4, 0.5) is 0 Å². The average Bonchev–Trinajstić information content (AvgIpc) is 2.78. The van der Waals surface area contributed by atoms with Crippen LogP contribution in [0.1, 0.15) is 31.1 Å². The van der Waals surface area contributed by atoms with Gasteiger partial charge in [-0.15, -0.1) is 0 Å². The Bertz CT molecular complexity index is 518. The van der Waals surface area contributed by atoms with Crippen LogP contribution in [-0.4, -0.2) is 14.2 Å². The summed E-state index contributed by atoms with van der Waals surface area (Å²) in [6.07, 6.45) is 2.21. The van der Waals surface area contributed by atoms with Gasteiger partial charge in [0.15, 0.2) is 0 Å². The maximum absolute atomic E-state index is 6.06. The second kappa shape index (κ2) is 3.26. The third-order valence-electron chi connectivity index (χ3n) is 3.86. The van der Waals surface area contributed by atoms with Crippen LogP contribution in [0.5, 0.6) is 11.5 Å². The zero-order valence-electron chi connectivity index (χ0n) is 10.5. The van der Waals surface area contributed by atoms with E-state index in [2.05, 4.69) is 19.9 Å². The van der Waals surface area contributed by atoms with E-state index < -0.39 is 0 Å². The third kappa shape index (κ3) is 1.20. The molecule has 2 heterocycles. The summed E-state index contributed by atoms with van der Waals surface area (Å²) in [6, 6.07) is 3.96. The van der Waals surface area contributed by atoms with E-state index in [0.29, 0.717) is 0 Å². The highest BCUT2D eigenvalue weighted by atomic mass is 16.5. The minimum atomic E-state index is -0.336. The molecule has 3 heteroatoms. The minimum absolute atomic E-state index is 0.0407. The fourth-order valence-corrected chi connectivity index (χ4v) is 2.80. The Morgan fingerprint density at radius 2 is 2.00 bits per heavy atom. The van der Waals surface area contributed by atoms with Gasteiger partial charge in [0.2, 0.25) is 0 Å². The lowest BCUT2D eigenvalue weighted by Gasteiger charge is -2.25. The molecule has 2 atom stereocenters. The number of fused-ring (bicyclic) bond motifs is 5. The van der Waals surface area contributed by atoms with Crippen molar-refractivity contribution < 1.29 is 14.2 Å². The van der Waals surface area contributed by atoms with Crippen LogP contribution in [0, 0.1) is 0 Å². The highest BCUT2D eigenvalue weighted by molar-refractivity contribution is 5.59. The highest BCUT2D eigenvalue weighted by Crippen LogP contribution is 2.57. The van der Waals surface area contributed by atoms with Gasteiger partial charge >= 0.3 is 0 Å². The predicted octanol–water partition coefficient (Wildman–Crippen LogP) is 2.95. The topological polar surface area (TPSA) is 27.7 Å². The number of rotatable bonds is 2. The molecule has 3 rings (SSSR count). The van der Waals surface area contributed by atoms with Gasteiger partial charge in [-0.25, -0.2) is 0 Å². The Morgan fingerprint density at radius 1 is 1.24 bits per heavy atom. The Morgan fingerprint density at radius 3 is 2.65 bits per heavy atom. The summed E-state index contributed by atoms with van der Waals surface area (Å²) in [7, 11) is 3.35. The summed E-state index contributed by atoms with van der Waals surface area (Å²) in [5.74, 6) is 1.66. The average molecular weight is 232 g/mol. The van der Waals surface area contributed by atoms with Gasteiger partial charge in [-0.2, -0.15) is 0 Å². The quantitative estimate of drug-likeness (QED) is 0.734. The van der Waals surface area contributed by atoms with E-state index in [0.717, 1.165) is 22.6 Å². The van der Waals surface area contributed by atoms with Crippen molar-refractivity contribution in [2.45, 2.75) is 25.6 Å². The summed E-state index contributed by atoms with van der Waals surface area (Å²) in [6.45, 7) is 4.20. The molecule has 0 saturated carbocycles. The molecule has 0 saturated heterocycles. The maximum atomic E-state index is 6.06. The summed E-state index contributed by atoms with van der Waals surface area (Å²) in [5, 5.41) is 0. The number of hydrogen-bond donors (Lipinski definition) is 0. The predicted molar refractivity (Wildman–Crippen MR) is 64.5 cm³/mol. The number of ether oxygens (including phenoxy) is 3. The van der Waals surface area contributed by atoms with Crippen LogP contribution in [0.3, 0.4) is 0 Å². The molecule has 0 aliphatic carbocycles. The zero-order valence-corrected chi connectivity index (χ0v) is 10.5. The first-order valence-corrected chi connectivity index (χ1v) is 5.73. The van der Waals surface area contributed by atoms with Crippen molar-refractivity contribution in [3.63, 3.8) is 0 Å². The molecule has 90 valence electrons. The molecule has 2 unspecified atom stereocenters. The van der Waals surface area contributed by atoms with Gasteiger partial charge in [-0.3, -0.25) is 0 Å². The second-order valence-electron chi connectivity index (χ2n) is 4.72. The van der Waals surface area contributed by atoms with E-state index in [-0.39, 0.29) is 11.7 Å². The van der Waals surface area contributed by atoms with Crippen LogP contribution < -0.4 is 9.47 Å². The summed E-state index contributed by atoms with van der Waals surface area (Å²) >= 11 is 0. The normalized spacial score (nSPS) is 28.9. The molecule has 2 aliphatic heterocycles. The zero-order chi connectivity index (χ0) is 12.2. The summed E-state index contributed by atoms with van der Waals surface area (Å²) < 4.78 is 16.8. The molecule has 0 fully saturated rings. The highest BCUT2D eigenvalue weighted by Gasteiger charge is 2.49. The molecule has 0 amide bonds. The molecule has 0 radical (unpaired) electrons. The molecule has 0 N–H and O–H groups in total. The fraction of sp³-hybridized carbons (Fsp3) is 0.429. The van der Waals surface area contributed by atoms with Crippen molar-refractivity contribution in [3.05, 3.63) is 34.9 Å². The minimum Gasteiger partial charge on any atom is -0.497 e. The molecule has 1 aromatic rings. The van der Waals surface area contributed by atoms with Crippen molar-refractivity contribution in [3.8, 4) is 11.5 Å². The Hall–Kier alpha value is -1.48. The van der Waals surface area contributed by atoms with Crippen LogP contribution in [0.2, 0.25) is 0 Å². The van der Waals surface area contributed by atoms with E-state index in [1.165, 1.54) is 5.57 Å². The molecular weight excluding hydrogens is 216 g/mol. The number of benzene rings is 1. The van der Waals surface area contributed by atoms with Crippen LogP contribution >= 0.6 is 0 Å². The monoisotopic (exact) mass is 232 g/mol. The van der Waals surface area contributed by atoms with Crippen LogP contribution in [0.15, 0.2) is 23.8 Å². The van der Waals surface area contributed by atoms with Crippen LogP contribution in [-0.2, 0) is 10.3 Å². The van der Waals surface area contributed by atoms with Gasteiger partial charge < -0.3 is 14.2 Å². The van der Waals surface area contributed by atoms with Crippen molar-refractivity contribution in [1.82, 2.24) is 0 Å².